The zero-order valence-corrected chi connectivity index (χ0v) is 13.2. The van der Waals surface area contributed by atoms with E-state index in [0.717, 1.165) is 32.7 Å². The fourth-order valence-corrected chi connectivity index (χ4v) is 3.29. The van der Waals surface area contributed by atoms with Crippen molar-refractivity contribution in [2.75, 3.05) is 26.2 Å². The number of pyridine rings is 1. The van der Waals surface area contributed by atoms with E-state index in [0.29, 0.717) is 0 Å². The topological polar surface area (TPSA) is 45.6 Å². The monoisotopic (exact) mass is 317 g/mol. The molecule has 22 heavy (non-hydrogen) atoms. The van der Waals surface area contributed by atoms with Gasteiger partial charge in [0.2, 0.25) is 5.91 Å². The van der Waals surface area contributed by atoms with Crippen LogP contribution >= 0.6 is 11.3 Å². The van der Waals surface area contributed by atoms with Gasteiger partial charge in [0.05, 0.1) is 0 Å². The van der Waals surface area contributed by atoms with E-state index in [4.69, 9.17) is 0 Å². The van der Waals surface area contributed by atoms with Crippen molar-refractivity contribution in [2.45, 2.75) is 13.1 Å². The van der Waals surface area contributed by atoms with Crippen molar-refractivity contribution >= 4 is 17.2 Å². The zero-order valence-electron chi connectivity index (χ0n) is 12.4. The molecule has 1 aliphatic heterocycles. The minimum Gasteiger partial charge on any atom is -0.339 e. The van der Waals surface area contributed by atoms with Gasteiger partial charge < -0.3 is 9.47 Å². The van der Waals surface area contributed by atoms with Gasteiger partial charge in [0.15, 0.2) is 0 Å². The number of carbonyl (C=O) groups excluding carboxylic acids is 1. The van der Waals surface area contributed by atoms with E-state index < -0.39 is 0 Å². The number of nitrogens with zero attached hydrogens (tertiary/aromatic N) is 3. The number of amides is 1. The second-order valence-electron chi connectivity index (χ2n) is 5.46. The molecule has 1 fully saturated rings. The van der Waals surface area contributed by atoms with E-state index in [2.05, 4.69) is 21.7 Å². The van der Waals surface area contributed by atoms with E-state index in [9.17, 15) is 9.59 Å². The normalized spacial score (nSPS) is 15.9. The molecule has 116 valence electrons. The molecule has 0 unspecified atom stereocenters. The van der Waals surface area contributed by atoms with E-state index in [-0.39, 0.29) is 18.0 Å². The number of hydrogen-bond donors (Lipinski definition) is 0. The maximum Gasteiger partial charge on any atom is 0.250 e. The first-order chi connectivity index (χ1) is 10.7. The first-order valence-electron chi connectivity index (χ1n) is 7.39. The van der Waals surface area contributed by atoms with Gasteiger partial charge in [-0.05, 0) is 28.5 Å². The van der Waals surface area contributed by atoms with E-state index in [1.807, 2.05) is 4.90 Å². The molecule has 6 heteroatoms. The van der Waals surface area contributed by atoms with Crippen LogP contribution in [0.4, 0.5) is 0 Å². The lowest BCUT2D eigenvalue weighted by molar-refractivity contribution is -0.133. The highest BCUT2D eigenvalue weighted by molar-refractivity contribution is 7.07. The van der Waals surface area contributed by atoms with Crippen LogP contribution in [0.2, 0.25) is 0 Å². The first-order valence-corrected chi connectivity index (χ1v) is 8.33. The van der Waals surface area contributed by atoms with Crippen molar-refractivity contribution in [1.82, 2.24) is 14.4 Å². The third-order valence-electron chi connectivity index (χ3n) is 3.92. The van der Waals surface area contributed by atoms with Crippen LogP contribution < -0.4 is 5.56 Å². The Morgan fingerprint density at radius 2 is 1.95 bits per heavy atom. The summed E-state index contributed by atoms with van der Waals surface area (Å²) in [6.07, 6.45) is 1.66. The summed E-state index contributed by atoms with van der Waals surface area (Å²) >= 11 is 1.71. The van der Waals surface area contributed by atoms with Crippen LogP contribution in [0.1, 0.15) is 5.56 Å². The maximum atomic E-state index is 12.3. The number of rotatable bonds is 4. The van der Waals surface area contributed by atoms with E-state index in [1.54, 1.807) is 29.7 Å². The summed E-state index contributed by atoms with van der Waals surface area (Å²) in [5, 5.41) is 4.26. The summed E-state index contributed by atoms with van der Waals surface area (Å²) in [6, 6.07) is 7.08. The predicted molar refractivity (Wildman–Crippen MR) is 86.9 cm³/mol. The summed E-state index contributed by atoms with van der Waals surface area (Å²) < 4.78 is 1.46. The molecule has 0 aliphatic carbocycles. The largest absolute Gasteiger partial charge is 0.339 e. The number of hydrogen-bond acceptors (Lipinski definition) is 4. The summed E-state index contributed by atoms with van der Waals surface area (Å²) in [5.74, 6) is 0.0171. The van der Waals surface area contributed by atoms with Crippen LogP contribution in [0, 0.1) is 0 Å². The Bertz CT molecular complexity index is 673. The quantitative estimate of drug-likeness (QED) is 0.853. The third-order valence-corrected chi connectivity index (χ3v) is 4.65. The molecule has 3 heterocycles. The van der Waals surface area contributed by atoms with Crippen molar-refractivity contribution in [3.8, 4) is 0 Å². The van der Waals surface area contributed by atoms with Gasteiger partial charge in [-0.25, -0.2) is 0 Å². The molecule has 0 radical (unpaired) electrons. The second-order valence-corrected chi connectivity index (χ2v) is 6.24. The molecule has 0 N–H and O–H groups in total. The lowest BCUT2D eigenvalue weighted by Crippen LogP contribution is -2.49. The molecule has 1 amide bonds. The SMILES string of the molecule is O=C(Cn1ccccc1=O)N1CCN(Cc2ccsc2)CC1. The average Bonchev–Trinajstić information content (AvgIpc) is 3.03. The van der Waals surface area contributed by atoms with Crippen molar-refractivity contribution < 1.29 is 4.79 Å². The second kappa shape index (κ2) is 6.89. The molecular formula is C16H19N3O2S. The lowest BCUT2D eigenvalue weighted by atomic mass is 10.2. The van der Waals surface area contributed by atoms with Crippen molar-refractivity contribution in [3.05, 3.63) is 57.1 Å². The fourth-order valence-electron chi connectivity index (χ4n) is 2.63. The van der Waals surface area contributed by atoms with Crippen LogP contribution in [0.5, 0.6) is 0 Å². The molecule has 0 aromatic carbocycles. The molecule has 0 spiro atoms. The third kappa shape index (κ3) is 3.64. The van der Waals surface area contributed by atoms with Gasteiger partial charge in [0.25, 0.3) is 5.56 Å². The van der Waals surface area contributed by atoms with Crippen LogP contribution in [0.3, 0.4) is 0 Å². The van der Waals surface area contributed by atoms with Gasteiger partial charge >= 0.3 is 0 Å². The Labute approximate surface area is 133 Å². The van der Waals surface area contributed by atoms with Gasteiger partial charge in [0, 0.05) is 45.0 Å². The van der Waals surface area contributed by atoms with E-state index in [1.165, 1.54) is 16.2 Å². The highest BCUT2D eigenvalue weighted by Crippen LogP contribution is 2.11. The molecule has 0 bridgehead atoms. The Balaban J connectivity index is 1.51. The Morgan fingerprint density at radius 1 is 1.14 bits per heavy atom. The molecule has 1 aliphatic rings. The molecule has 3 rings (SSSR count). The number of aromatic nitrogens is 1. The number of thiophene rings is 1. The Kier molecular flexibility index (Phi) is 4.70. The average molecular weight is 317 g/mol. The van der Waals surface area contributed by atoms with Gasteiger partial charge in [-0.1, -0.05) is 6.07 Å². The van der Waals surface area contributed by atoms with Crippen molar-refractivity contribution in [1.29, 1.82) is 0 Å². The van der Waals surface area contributed by atoms with Gasteiger partial charge in [-0.15, -0.1) is 0 Å². The van der Waals surface area contributed by atoms with Gasteiger partial charge in [-0.3, -0.25) is 14.5 Å². The molecule has 2 aromatic heterocycles. The number of carbonyl (C=O) groups is 1. The van der Waals surface area contributed by atoms with Crippen molar-refractivity contribution in [3.63, 3.8) is 0 Å². The smallest absolute Gasteiger partial charge is 0.250 e. The Hall–Kier alpha value is -1.92. The molecule has 1 saturated heterocycles. The van der Waals surface area contributed by atoms with Gasteiger partial charge in [0.1, 0.15) is 6.54 Å². The summed E-state index contributed by atoms with van der Waals surface area (Å²) in [7, 11) is 0. The van der Waals surface area contributed by atoms with E-state index >= 15 is 0 Å². The number of piperazine rings is 1. The first kappa shape index (κ1) is 15.0. The van der Waals surface area contributed by atoms with Crippen LogP contribution in [-0.2, 0) is 17.9 Å². The Morgan fingerprint density at radius 3 is 2.64 bits per heavy atom. The standard InChI is InChI=1S/C16H19N3O2S/c20-15-3-1-2-5-19(15)12-16(21)18-8-6-17(7-9-18)11-14-4-10-22-13-14/h1-5,10,13H,6-9,11-12H2. The lowest BCUT2D eigenvalue weighted by Gasteiger charge is -2.34. The minimum atomic E-state index is -0.132. The van der Waals surface area contributed by atoms with Gasteiger partial charge in [-0.2, -0.15) is 11.3 Å². The molecule has 0 saturated carbocycles. The van der Waals surface area contributed by atoms with Crippen LogP contribution in [-0.4, -0.2) is 46.5 Å². The molecule has 0 atom stereocenters. The summed E-state index contributed by atoms with van der Waals surface area (Å²) in [6.45, 7) is 4.29. The highest BCUT2D eigenvalue weighted by Gasteiger charge is 2.21. The molecule has 2 aromatic rings. The molecular weight excluding hydrogens is 298 g/mol. The summed E-state index contributed by atoms with van der Waals surface area (Å²) in [4.78, 5) is 28.2. The zero-order chi connectivity index (χ0) is 15.4. The minimum absolute atomic E-state index is 0.0171. The predicted octanol–water partition coefficient (Wildman–Crippen LogP) is 1.25. The fraction of sp³-hybridized carbons (Fsp3) is 0.375. The molecule has 5 nitrogen and oxygen atoms in total. The maximum absolute atomic E-state index is 12.3. The van der Waals surface area contributed by atoms with Crippen LogP contribution in [0.15, 0.2) is 46.0 Å². The highest BCUT2D eigenvalue weighted by atomic mass is 32.1. The van der Waals surface area contributed by atoms with Crippen LogP contribution in [0.25, 0.3) is 0 Å². The van der Waals surface area contributed by atoms with Crippen molar-refractivity contribution in [2.24, 2.45) is 0 Å². The summed E-state index contributed by atoms with van der Waals surface area (Å²) in [5.41, 5.74) is 1.20.